The molecule has 4 N–H and O–H groups in total. The van der Waals surface area contributed by atoms with Crippen molar-refractivity contribution in [3.05, 3.63) is 0 Å². The van der Waals surface area contributed by atoms with E-state index in [-0.39, 0.29) is 35.0 Å². The SMILES string of the molecule is O.[Na+].[O-]P(O)O. The van der Waals surface area contributed by atoms with E-state index < -0.39 is 8.60 Å². The van der Waals surface area contributed by atoms with Gasteiger partial charge in [-0.2, -0.15) is 0 Å². The maximum atomic E-state index is 8.70. The van der Waals surface area contributed by atoms with Crippen molar-refractivity contribution in [3.8, 4) is 0 Å². The van der Waals surface area contributed by atoms with Gasteiger partial charge in [0.1, 0.15) is 0 Å². The fourth-order valence-corrected chi connectivity index (χ4v) is 0. The summed E-state index contributed by atoms with van der Waals surface area (Å²) in [6, 6.07) is 0. The zero-order valence-electron chi connectivity index (χ0n) is 3.25. The minimum Gasteiger partial charge on any atom is -0.786 e. The van der Waals surface area contributed by atoms with Crippen molar-refractivity contribution in [1.82, 2.24) is 0 Å². The molecule has 0 aromatic heterocycles. The fraction of sp³-hybridized carbons (Fsp3) is 0. The third-order valence-corrected chi connectivity index (χ3v) is 0. The van der Waals surface area contributed by atoms with E-state index in [4.69, 9.17) is 14.7 Å². The van der Waals surface area contributed by atoms with Crippen molar-refractivity contribution < 1.29 is 49.7 Å². The zero-order valence-corrected chi connectivity index (χ0v) is 6.14. The molecule has 6 heteroatoms. The van der Waals surface area contributed by atoms with Gasteiger partial charge in [0, 0.05) is 0 Å². The van der Waals surface area contributed by atoms with Crippen molar-refractivity contribution in [2.45, 2.75) is 0 Å². The summed E-state index contributed by atoms with van der Waals surface area (Å²) in [7, 11) is -2.87. The first kappa shape index (κ1) is 15.7. The van der Waals surface area contributed by atoms with Crippen LogP contribution in [0, 0.1) is 0 Å². The second-order valence-corrected chi connectivity index (χ2v) is 0.758. The molecular weight excluding hydrogens is 118 g/mol. The first-order chi connectivity index (χ1) is 1.73. The predicted octanol–water partition coefficient (Wildman–Crippen LogP) is -5.26. The summed E-state index contributed by atoms with van der Waals surface area (Å²) in [6.07, 6.45) is 0. The normalized spacial score (nSPS) is 6.00. The largest absolute Gasteiger partial charge is 1.00 e. The van der Waals surface area contributed by atoms with Gasteiger partial charge < -0.3 is 20.2 Å². The van der Waals surface area contributed by atoms with Crippen LogP contribution in [0.3, 0.4) is 0 Å². The van der Waals surface area contributed by atoms with Gasteiger partial charge >= 0.3 is 29.6 Å². The van der Waals surface area contributed by atoms with Gasteiger partial charge in [-0.3, -0.25) is 0 Å². The molecule has 0 rings (SSSR count). The van der Waals surface area contributed by atoms with Crippen LogP contribution in [0.25, 0.3) is 0 Å². The van der Waals surface area contributed by atoms with E-state index in [0.717, 1.165) is 0 Å². The van der Waals surface area contributed by atoms with Crippen molar-refractivity contribution in [2.24, 2.45) is 0 Å². The number of rotatable bonds is 0. The zero-order chi connectivity index (χ0) is 3.58. The Morgan fingerprint density at radius 3 is 1.33 bits per heavy atom. The van der Waals surface area contributed by atoms with Gasteiger partial charge in [0.25, 0.3) is 0 Å². The quantitative estimate of drug-likeness (QED) is 0.248. The molecule has 0 aliphatic carbocycles. The monoisotopic (exact) mass is 122 g/mol. The molecule has 6 heavy (non-hydrogen) atoms. The van der Waals surface area contributed by atoms with Crippen LogP contribution in [0.4, 0.5) is 0 Å². The minimum absolute atomic E-state index is 0. The predicted molar refractivity (Wildman–Crippen MR) is 15.0 cm³/mol. The summed E-state index contributed by atoms with van der Waals surface area (Å²) < 4.78 is 0. The molecule has 0 unspecified atom stereocenters. The molecule has 0 bridgehead atoms. The van der Waals surface area contributed by atoms with Gasteiger partial charge in [0.05, 0.1) is 8.60 Å². The molecular formula is H4NaO4P. The fourth-order valence-electron chi connectivity index (χ4n) is 0. The molecule has 0 aliphatic rings. The van der Waals surface area contributed by atoms with E-state index in [2.05, 4.69) is 0 Å². The Morgan fingerprint density at radius 2 is 1.33 bits per heavy atom. The summed E-state index contributed by atoms with van der Waals surface area (Å²) in [4.78, 5) is 22.9. The van der Waals surface area contributed by atoms with Crippen molar-refractivity contribution in [3.63, 3.8) is 0 Å². The average Bonchev–Trinajstić information content (AvgIpc) is 0.811. The number of hydrogen-bond donors (Lipinski definition) is 2. The molecule has 0 saturated carbocycles. The molecule has 0 aromatic rings. The Labute approximate surface area is 58.4 Å². The Morgan fingerprint density at radius 1 is 1.33 bits per heavy atom. The summed E-state index contributed by atoms with van der Waals surface area (Å²) in [6.45, 7) is 0. The van der Waals surface area contributed by atoms with Crippen LogP contribution >= 0.6 is 8.60 Å². The summed E-state index contributed by atoms with van der Waals surface area (Å²) >= 11 is 0. The third-order valence-electron chi connectivity index (χ3n) is 0. The van der Waals surface area contributed by atoms with Gasteiger partial charge in [0.2, 0.25) is 0 Å². The Balaban J connectivity index is -0.0000000450. The molecule has 0 amide bonds. The first-order valence-electron chi connectivity index (χ1n) is 0.583. The Hall–Kier alpha value is 1.27. The number of hydrogen-bond acceptors (Lipinski definition) is 3. The van der Waals surface area contributed by atoms with E-state index in [0.29, 0.717) is 0 Å². The van der Waals surface area contributed by atoms with Crippen LogP contribution in [0.1, 0.15) is 0 Å². The molecule has 0 spiro atoms. The standard InChI is InChI=1S/Na.H2O3P.H2O/c;1-4(2)3;/h;1-2H;1H2/q+1;-1;. The molecule has 0 saturated heterocycles. The smallest absolute Gasteiger partial charge is 0.786 e. The maximum absolute atomic E-state index is 8.70. The van der Waals surface area contributed by atoms with Gasteiger partial charge in [0.15, 0.2) is 0 Å². The van der Waals surface area contributed by atoms with E-state index in [1.165, 1.54) is 0 Å². The van der Waals surface area contributed by atoms with Crippen molar-refractivity contribution >= 4 is 8.60 Å². The van der Waals surface area contributed by atoms with E-state index in [1.807, 2.05) is 0 Å². The van der Waals surface area contributed by atoms with Crippen molar-refractivity contribution in [1.29, 1.82) is 0 Å². The topological polar surface area (TPSA) is 95.0 Å². The molecule has 0 heterocycles. The molecule has 0 fully saturated rings. The van der Waals surface area contributed by atoms with Crippen LogP contribution in [0.5, 0.6) is 0 Å². The van der Waals surface area contributed by atoms with Crippen molar-refractivity contribution in [2.75, 3.05) is 0 Å². The van der Waals surface area contributed by atoms with Crippen LogP contribution in [0.15, 0.2) is 0 Å². The van der Waals surface area contributed by atoms with Crippen LogP contribution < -0.4 is 34.5 Å². The molecule has 4 nitrogen and oxygen atoms in total. The molecule has 34 valence electrons. The summed E-state index contributed by atoms with van der Waals surface area (Å²) in [5.74, 6) is 0. The molecule has 0 aromatic carbocycles. The Bertz CT molecular complexity index is 12.3. The van der Waals surface area contributed by atoms with Crippen LogP contribution in [-0.2, 0) is 0 Å². The van der Waals surface area contributed by atoms with Crippen LogP contribution in [-0.4, -0.2) is 15.3 Å². The van der Waals surface area contributed by atoms with Gasteiger partial charge in [-0.15, -0.1) is 0 Å². The second kappa shape index (κ2) is 9.55. The van der Waals surface area contributed by atoms with Gasteiger partial charge in [-0.1, -0.05) is 0 Å². The third kappa shape index (κ3) is 59.6. The van der Waals surface area contributed by atoms with E-state index in [1.54, 1.807) is 0 Å². The Kier molecular flexibility index (Phi) is 25.0. The second-order valence-electron chi connectivity index (χ2n) is 0.253. The summed E-state index contributed by atoms with van der Waals surface area (Å²) in [5.41, 5.74) is 0. The van der Waals surface area contributed by atoms with Gasteiger partial charge in [-0.25, -0.2) is 0 Å². The molecule has 0 aliphatic heterocycles. The summed E-state index contributed by atoms with van der Waals surface area (Å²) in [5, 5.41) is 0. The minimum atomic E-state index is -2.87. The van der Waals surface area contributed by atoms with Gasteiger partial charge in [-0.05, 0) is 0 Å². The van der Waals surface area contributed by atoms with E-state index >= 15 is 0 Å². The molecule has 0 radical (unpaired) electrons. The molecule has 0 atom stereocenters. The first-order valence-corrected chi connectivity index (χ1v) is 1.75. The maximum Gasteiger partial charge on any atom is 1.00 e. The van der Waals surface area contributed by atoms with Crippen LogP contribution in [0.2, 0.25) is 0 Å². The van der Waals surface area contributed by atoms with E-state index in [9.17, 15) is 0 Å². The average molecular weight is 122 g/mol.